The van der Waals surface area contributed by atoms with Gasteiger partial charge in [-0.2, -0.15) is 0 Å². The van der Waals surface area contributed by atoms with Gasteiger partial charge in [0.1, 0.15) is 5.75 Å². The van der Waals surface area contributed by atoms with Gasteiger partial charge in [0.2, 0.25) is 0 Å². The molecule has 0 aliphatic rings. The molecule has 0 aliphatic heterocycles. The Morgan fingerprint density at radius 3 is 1.63 bits per heavy atom. The van der Waals surface area contributed by atoms with Gasteiger partial charge < -0.3 is 4.52 Å². The predicted molar refractivity (Wildman–Crippen MR) is 127 cm³/mol. The van der Waals surface area contributed by atoms with E-state index in [1.165, 1.54) is 83.5 Å². The van der Waals surface area contributed by atoms with Crippen molar-refractivity contribution in [3.8, 4) is 5.75 Å². The summed E-state index contributed by atoms with van der Waals surface area (Å²) in [7, 11) is -4.03. The Kier molecular flexibility index (Phi) is 16.2. The standard InChI is InChI=1S/C25H45O4P/c1-3-4-5-6-7-8-9-10-11-12-13-14-15-16-17-20-23-28-30(26,27)29-25-22-19-18-21-24(25)2/h18-19,21-22H,3-17,20,23H2,1-2H3,(H,26,27). The van der Waals surface area contributed by atoms with Gasteiger partial charge in [0.25, 0.3) is 0 Å². The average molecular weight is 441 g/mol. The molecule has 5 heteroatoms. The first-order valence-corrected chi connectivity index (χ1v) is 13.8. The number of aryl methyl sites for hydroxylation is 1. The lowest BCUT2D eigenvalue weighted by molar-refractivity contribution is 0.199. The summed E-state index contributed by atoms with van der Waals surface area (Å²) in [6, 6.07) is 7.15. The quantitative estimate of drug-likeness (QED) is 0.163. The fraction of sp³-hybridized carbons (Fsp3) is 0.760. The second-order valence-electron chi connectivity index (χ2n) is 8.46. The largest absolute Gasteiger partial charge is 0.527 e. The lowest BCUT2D eigenvalue weighted by Crippen LogP contribution is -2.00. The van der Waals surface area contributed by atoms with Crippen LogP contribution in [0.5, 0.6) is 5.75 Å². The third-order valence-corrected chi connectivity index (χ3v) is 6.50. The second-order valence-corrected chi connectivity index (χ2v) is 9.84. The molecule has 0 spiro atoms. The van der Waals surface area contributed by atoms with Crippen LogP contribution in [0.2, 0.25) is 0 Å². The van der Waals surface area contributed by atoms with E-state index in [0.717, 1.165) is 24.8 Å². The smallest absolute Gasteiger partial charge is 0.404 e. The van der Waals surface area contributed by atoms with Crippen LogP contribution in [0.4, 0.5) is 0 Å². The molecule has 174 valence electrons. The van der Waals surface area contributed by atoms with Crippen LogP contribution in [0, 0.1) is 6.92 Å². The van der Waals surface area contributed by atoms with Crippen molar-refractivity contribution in [2.75, 3.05) is 6.61 Å². The molecule has 1 aromatic rings. The molecule has 4 nitrogen and oxygen atoms in total. The van der Waals surface area contributed by atoms with E-state index in [0.29, 0.717) is 5.75 Å². The SMILES string of the molecule is CCCCCCCCCCCCCCCCCCOP(=O)(O)Oc1ccccc1C. The molecule has 0 fully saturated rings. The molecule has 0 aromatic heterocycles. The molecule has 0 saturated heterocycles. The summed E-state index contributed by atoms with van der Waals surface area (Å²) in [6.07, 6.45) is 20.8. The third kappa shape index (κ3) is 15.0. The van der Waals surface area contributed by atoms with E-state index >= 15 is 0 Å². The Bertz CT molecular complexity index is 576. The summed E-state index contributed by atoms with van der Waals surface area (Å²) in [5.41, 5.74) is 0.817. The maximum Gasteiger partial charge on any atom is 0.527 e. The van der Waals surface area contributed by atoms with Crippen LogP contribution in [0.3, 0.4) is 0 Å². The van der Waals surface area contributed by atoms with Gasteiger partial charge >= 0.3 is 7.82 Å². The van der Waals surface area contributed by atoms with E-state index < -0.39 is 7.82 Å². The van der Waals surface area contributed by atoms with Crippen molar-refractivity contribution in [1.29, 1.82) is 0 Å². The molecule has 1 aromatic carbocycles. The van der Waals surface area contributed by atoms with Crippen molar-refractivity contribution >= 4 is 7.82 Å². The van der Waals surface area contributed by atoms with Gasteiger partial charge in [-0.15, -0.1) is 0 Å². The Labute approximate surface area is 185 Å². The molecule has 0 heterocycles. The zero-order chi connectivity index (χ0) is 21.9. The maximum absolute atomic E-state index is 12.0. The summed E-state index contributed by atoms with van der Waals surface area (Å²) < 4.78 is 22.3. The minimum absolute atomic E-state index is 0.262. The van der Waals surface area contributed by atoms with Gasteiger partial charge in [-0.25, -0.2) is 4.57 Å². The minimum atomic E-state index is -4.03. The molecule has 1 N–H and O–H groups in total. The van der Waals surface area contributed by atoms with Gasteiger partial charge in [0.05, 0.1) is 6.61 Å². The molecule has 0 aliphatic carbocycles. The summed E-state index contributed by atoms with van der Waals surface area (Å²) in [4.78, 5) is 9.83. The van der Waals surface area contributed by atoms with Crippen LogP contribution in [-0.4, -0.2) is 11.5 Å². The van der Waals surface area contributed by atoms with Crippen LogP contribution in [-0.2, 0) is 9.09 Å². The Hall–Kier alpha value is -0.830. The summed E-state index contributed by atoms with van der Waals surface area (Å²) in [5, 5.41) is 0. The van der Waals surface area contributed by atoms with E-state index in [1.807, 2.05) is 19.1 Å². The molecular formula is C25H45O4P. The number of hydrogen-bond acceptors (Lipinski definition) is 3. The molecule has 0 bridgehead atoms. The molecule has 0 amide bonds. The van der Waals surface area contributed by atoms with E-state index in [4.69, 9.17) is 9.05 Å². The van der Waals surface area contributed by atoms with E-state index in [-0.39, 0.29) is 6.61 Å². The highest BCUT2D eigenvalue weighted by molar-refractivity contribution is 7.47. The average Bonchev–Trinajstić information content (AvgIpc) is 2.72. The summed E-state index contributed by atoms with van der Waals surface area (Å²) in [6.45, 7) is 4.37. The molecule has 0 saturated carbocycles. The van der Waals surface area contributed by atoms with Gasteiger partial charge in [-0.1, -0.05) is 121 Å². The number of phosphoric acid groups is 1. The first-order chi connectivity index (χ1) is 14.5. The van der Waals surface area contributed by atoms with Gasteiger partial charge in [0.15, 0.2) is 0 Å². The highest BCUT2D eigenvalue weighted by Gasteiger charge is 2.23. The van der Waals surface area contributed by atoms with Crippen LogP contribution in [0.15, 0.2) is 24.3 Å². The van der Waals surface area contributed by atoms with E-state index in [9.17, 15) is 9.46 Å². The Morgan fingerprint density at radius 1 is 0.733 bits per heavy atom. The highest BCUT2D eigenvalue weighted by Crippen LogP contribution is 2.44. The lowest BCUT2D eigenvalue weighted by atomic mass is 10.0. The third-order valence-electron chi connectivity index (χ3n) is 5.56. The minimum Gasteiger partial charge on any atom is -0.404 e. The topological polar surface area (TPSA) is 55.8 Å². The highest BCUT2D eigenvalue weighted by atomic mass is 31.2. The van der Waals surface area contributed by atoms with Crippen LogP contribution in [0.1, 0.15) is 115 Å². The van der Waals surface area contributed by atoms with E-state index in [1.54, 1.807) is 12.1 Å². The molecule has 1 atom stereocenters. The van der Waals surface area contributed by atoms with Crippen molar-refractivity contribution in [2.24, 2.45) is 0 Å². The summed E-state index contributed by atoms with van der Waals surface area (Å²) in [5.74, 6) is 0.398. The second kappa shape index (κ2) is 17.8. The lowest BCUT2D eigenvalue weighted by Gasteiger charge is -2.14. The normalized spacial score (nSPS) is 13.3. The van der Waals surface area contributed by atoms with Crippen molar-refractivity contribution in [2.45, 2.75) is 117 Å². The molecule has 30 heavy (non-hydrogen) atoms. The monoisotopic (exact) mass is 440 g/mol. The predicted octanol–water partition coefficient (Wildman–Crippen LogP) is 8.75. The van der Waals surface area contributed by atoms with Crippen molar-refractivity contribution in [3.63, 3.8) is 0 Å². The Balaban J connectivity index is 1.86. The Morgan fingerprint density at radius 2 is 1.17 bits per heavy atom. The van der Waals surface area contributed by atoms with Gasteiger partial charge in [0, 0.05) is 0 Å². The van der Waals surface area contributed by atoms with Gasteiger partial charge in [-0.05, 0) is 25.0 Å². The fourth-order valence-corrected chi connectivity index (χ4v) is 4.51. The first kappa shape index (κ1) is 27.2. The van der Waals surface area contributed by atoms with Crippen molar-refractivity contribution < 1.29 is 18.5 Å². The molecule has 0 radical (unpaired) electrons. The number of hydrogen-bond donors (Lipinski definition) is 1. The number of benzene rings is 1. The van der Waals surface area contributed by atoms with Crippen molar-refractivity contribution in [1.82, 2.24) is 0 Å². The number of phosphoric ester groups is 1. The summed E-state index contributed by atoms with van der Waals surface area (Å²) >= 11 is 0. The van der Waals surface area contributed by atoms with Crippen LogP contribution in [0.25, 0.3) is 0 Å². The fourth-order valence-electron chi connectivity index (χ4n) is 3.64. The zero-order valence-electron chi connectivity index (χ0n) is 19.4. The number of para-hydroxylation sites is 1. The van der Waals surface area contributed by atoms with E-state index in [2.05, 4.69) is 6.92 Å². The van der Waals surface area contributed by atoms with Crippen molar-refractivity contribution in [3.05, 3.63) is 29.8 Å². The maximum atomic E-state index is 12.0. The van der Waals surface area contributed by atoms with Crippen LogP contribution < -0.4 is 4.52 Å². The van der Waals surface area contributed by atoms with Crippen LogP contribution >= 0.6 is 7.82 Å². The van der Waals surface area contributed by atoms with Gasteiger partial charge in [-0.3, -0.25) is 9.42 Å². The first-order valence-electron chi connectivity index (χ1n) is 12.3. The molecule has 1 rings (SSSR count). The molecule has 1 unspecified atom stereocenters. The number of rotatable bonds is 20. The molecular weight excluding hydrogens is 395 g/mol. The number of unbranched alkanes of at least 4 members (excludes halogenated alkanes) is 15. The zero-order valence-corrected chi connectivity index (χ0v) is 20.3.